The maximum absolute atomic E-state index is 12.7. The molecule has 1 saturated heterocycles. The quantitative estimate of drug-likeness (QED) is 0.673. The lowest BCUT2D eigenvalue weighted by Crippen LogP contribution is -2.44. The van der Waals surface area contributed by atoms with Crippen molar-refractivity contribution in [3.05, 3.63) is 45.6 Å². The number of sulfonamides is 1. The number of hydrazine groups is 1. The Balaban J connectivity index is 1.56. The van der Waals surface area contributed by atoms with E-state index >= 15 is 0 Å². The Labute approximate surface area is 173 Å². The Morgan fingerprint density at radius 1 is 1.10 bits per heavy atom. The van der Waals surface area contributed by atoms with E-state index in [0.717, 1.165) is 35.3 Å². The fourth-order valence-corrected chi connectivity index (χ4v) is 5.72. The van der Waals surface area contributed by atoms with Gasteiger partial charge in [0.1, 0.15) is 15.5 Å². The molecule has 0 radical (unpaired) electrons. The summed E-state index contributed by atoms with van der Waals surface area (Å²) >= 11 is 1.01. The average molecular weight is 438 g/mol. The van der Waals surface area contributed by atoms with Gasteiger partial charge in [0, 0.05) is 13.1 Å². The third-order valence-corrected chi connectivity index (χ3v) is 7.67. The summed E-state index contributed by atoms with van der Waals surface area (Å²) in [5.74, 6) is -0.693. The van der Waals surface area contributed by atoms with Gasteiger partial charge in [-0.1, -0.05) is 6.07 Å². The van der Waals surface area contributed by atoms with Crippen LogP contribution in [-0.4, -0.2) is 44.2 Å². The molecule has 3 rings (SSSR count). The zero-order chi connectivity index (χ0) is 21.0. The van der Waals surface area contributed by atoms with Gasteiger partial charge >= 0.3 is 0 Å². The van der Waals surface area contributed by atoms with Gasteiger partial charge in [-0.3, -0.25) is 20.4 Å². The van der Waals surface area contributed by atoms with Crippen LogP contribution in [0.15, 0.2) is 34.5 Å². The number of aryl methyl sites for hydroxylation is 2. The molecule has 1 aromatic carbocycles. The Hall–Kier alpha value is -2.43. The second kappa shape index (κ2) is 8.93. The molecule has 29 heavy (non-hydrogen) atoms. The minimum Gasteiger partial charge on any atom is -0.484 e. The van der Waals surface area contributed by atoms with Crippen molar-refractivity contribution in [2.24, 2.45) is 0 Å². The van der Waals surface area contributed by atoms with Crippen LogP contribution in [-0.2, 0) is 14.8 Å². The van der Waals surface area contributed by atoms with Crippen LogP contribution in [0.25, 0.3) is 0 Å². The van der Waals surface area contributed by atoms with Gasteiger partial charge in [0.15, 0.2) is 6.61 Å². The molecule has 0 saturated carbocycles. The molecule has 10 heteroatoms. The number of nitrogens with zero attached hydrogens (tertiary/aromatic N) is 1. The van der Waals surface area contributed by atoms with Gasteiger partial charge < -0.3 is 4.74 Å². The number of carbonyl (C=O) groups excluding carboxylic acids is 2. The summed E-state index contributed by atoms with van der Waals surface area (Å²) in [7, 11) is -3.72. The topological polar surface area (TPSA) is 105 Å². The summed E-state index contributed by atoms with van der Waals surface area (Å²) in [6.45, 7) is 4.53. The normalized spacial score (nSPS) is 14.6. The molecular weight excluding hydrogens is 414 g/mol. The summed E-state index contributed by atoms with van der Waals surface area (Å²) < 4.78 is 32.2. The van der Waals surface area contributed by atoms with Crippen LogP contribution in [0.1, 0.15) is 33.6 Å². The van der Waals surface area contributed by atoms with E-state index < -0.39 is 21.8 Å². The summed E-state index contributed by atoms with van der Waals surface area (Å²) in [5, 5.41) is 1.54. The smallest absolute Gasteiger partial charge is 0.281 e. The van der Waals surface area contributed by atoms with Gasteiger partial charge in [-0.05, 0) is 61.4 Å². The summed E-state index contributed by atoms with van der Waals surface area (Å²) in [4.78, 5) is 24.4. The molecule has 0 atom stereocenters. The Bertz CT molecular complexity index is 1010. The van der Waals surface area contributed by atoms with Gasteiger partial charge in [-0.25, -0.2) is 8.42 Å². The average Bonchev–Trinajstić information content (AvgIpc) is 3.39. The molecule has 156 valence electrons. The molecule has 2 aromatic rings. The first-order valence-electron chi connectivity index (χ1n) is 9.16. The Morgan fingerprint density at radius 2 is 1.83 bits per heavy atom. The predicted molar refractivity (Wildman–Crippen MR) is 109 cm³/mol. The van der Waals surface area contributed by atoms with E-state index in [1.165, 1.54) is 10.4 Å². The monoisotopic (exact) mass is 437 g/mol. The molecule has 8 nitrogen and oxygen atoms in total. The number of benzene rings is 1. The first kappa shape index (κ1) is 21.3. The van der Waals surface area contributed by atoms with Crippen LogP contribution in [0.2, 0.25) is 0 Å². The number of hydrogen-bond acceptors (Lipinski definition) is 6. The van der Waals surface area contributed by atoms with Crippen molar-refractivity contribution in [2.45, 2.75) is 31.6 Å². The fraction of sp³-hybridized carbons (Fsp3) is 0.368. The van der Waals surface area contributed by atoms with Gasteiger partial charge in [-0.2, -0.15) is 4.31 Å². The van der Waals surface area contributed by atoms with Crippen LogP contribution >= 0.6 is 11.3 Å². The van der Waals surface area contributed by atoms with E-state index in [0.29, 0.717) is 18.8 Å². The Morgan fingerprint density at radius 3 is 2.52 bits per heavy atom. The van der Waals surface area contributed by atoms with Crippen LogP contribution in [0.5, 0.6) is 5.75 Å². The second-order valence-electron chi connectivity index (χ2n) is 6.76. The van der Waals surface area contributed by atoms with E-state index in [-0.39, 0.29) is 16.4 Å². The largest absolute Gasteiger partial charge is 0.484 e. The van der Waals surface area contributed by atoms with E-state index in [4.69, 9.17) is 4.74 Å². The molecule has 2 heterocycles. The minimum absolute atomic E-state index is 0.0345. The standard InChI is InChI=1S/C19H23N3O5S2/c1-13-5-6-15(11-14(13)2)27-12-17(23)20-21-19(24)18-16(7-10-28-18)29(25,26)22-8-3-4-9-22/h5-7,10-11H,3-4,8-9,12H2,1-2H3,(H,20,23)(H,21,24). The number of rotatable bonds is 6. The van der Waals surface area contributed by atoms with Crippen molar-refractivity contribution < 1.29 is 22.7 Å². The number of carbonyl (C=O) groups is 2. The van der Waals surface area contributed by atoms with Crippen LogP contribution in [0, 0.1) is 13.8 Å². The highest BCUT2D eigenvalue weighted by molar-refractivity contribution is 7.89. The zero-order valence-corrected chi connectivity index (χ0v) is 17.9. The van der Waals surface area contributed by atoms with Crippen LogP contribution in [0.4, 0.5) is 0 Å². The van der Waals surface area contributed by atoms with Crippen molar-refractivity contribution in [1.82, 2.24) is 15.2 Å². The van der Waals surface area contributed by atoms with E-state index in [9.17, 15) is 18.0 Å². The maximum Gasteiger partial charge on any atom is 0.281 e. The van der Waals surface area contributed by atoms with E-state index in [1.807, 2.05) is 26.0 Å². The lowest BCUT2D eigenvalue weighted by molar-refractivity contribution is -0.123. The number of nitrogens with one attached hydrogen (secondary N) is 2. The maximum atomic E-state index is 12.7. The molecule has 1 aliphatic rings. The SMILES string of the molecule is Cc1ccc(OCC(=O)NNC(=O)c2sccc2S(=O)(=O)N2CCCC2)cc1C. The first-order valence-corrected chi connectivity index (χ1v) is 11.5. The van der Waals surface area contributed by atoms with Crippen molar-refractivity contribution in [3.8, 4) is 5.75 Å². The zero-order valence-electron chi connectivity index (χ0n) is 16.2. The van der Waals surface area contributed by atoms with Crippen LogP contribution in [0.3, 0.4) is 0 Å². The summed E-state index contributed by atoms with van der Waals surface area (Å²) in [6, 6.07) is 6.89. The lowest BCUT2D eigenvalue weighted by atomic mass is 10.1. The second-order valence-corrected chi connectivity index (χ2v) is 9.58. The molecule has 2 amide bonds. The number of amides is 2. The summed E-state index contributed by atoms with van der Waals surface area (Å²) in [5.41, 5.74) is 6.66. The van der Waals surface area contributed by atoms with Gasteiger partial charge in [0.2, 0.25) is 10.0 Å². The molecule has 0 spiro atoms. The highest BCUT2D eigenvalue weighted by atomic mass is 32.2. The highest BCUT2D eigenvalue weighted by Crippen LogP contribution is 2.27. The molecule has 0 unspecified atom stereocenters. The first-order chi connectivity index (χ1) is 13.8. The molecule has 1 aliphatic heterocycles. The van der Waals surface area contributed by atoms with E-state index in [2.05, 4.69) is 10.9 Å². The van der Waals surface area contributed by atoms with Crippen LogP contribution < -0.4 is 15.6 Å². The minimum atomic E-state index is -3.72. The third kappa shape index (κ3) is 4.95. The number of thiophene rings is 1. The molecule has 0 aliphatic carbocycles. The highest BCUT2D eigenvalue weighted by Gasteiger charge is 2.31. The molecule has 0 bridgehead atoms. The van der Waals surface area contributed by atoms with Gasteiger partial charge in [-0.15, -0.1) is 11.3 Å². The van der Waals surface area contributed by atoms with Crippen molar-refractivity contribution in [2.75, 3.05) is 19.7 Å². The Kier molecular flexibility index (Phi) is 6.56. The molecular formula is C19H23N3O5S2. The predicted octanol–water partition coefficient (Wildman–Crippen LogP) is 1.99. The number of ether oxygens (including phenoxy) is 1. The van der Waals surface area contributed by atoms with Gasteiger partial charge in [0.05, 0.1) is 0 Å². The summed E-state index contributed by atoms with van der Waals surface area (Å²) in [6.07, 6.45) is 1.61. The van der Waals surface area contributed by atoms with Crippen molar-refractivity contribution in [1.29, 1.82) is 0 Å². The number of hydrogen-bond donors (Lipinski definition) is 2. The third-order valence-electron chi connectivity index (χ3n) is 4.68. The fourth-order valence-electron chi connectivity index (χ4n) is 2.91. The molecule has 1 fully saturated rings. The van der Waals surface area contributed by atoms with Gasteiger partial charge in [0.25, 0.3) is 11.8 Å². The van der Waals surface area contributed by atoms with Crippen molar-refractivity contribution in [3.63, 3.8) is 0 Å². The van der Waals surface area contributed by atoms with E-state index in [1.54, 1.807) is 11.4 Å². The van der Waals surface area contributed by atoms with Crippen molar-refractivity contribution >= 4 is 33.2 Å². The molecule has 2 N–H and O–H groups in total. The molecule has 1 aromatic heterocycles. The lowest BCUT2D eigenvalue weighted by Gasteiger charge is -2.15.